The van der Waals surface area contributed by atoms with Crippen molar-refractivity contribution in [1.82, 2.24) is 4.98 Å². The summed E-state index contributed by atoms with van der Waals surface area (Å²) >= 11 is 0. The van der Waals surface area contributed by atoms with E-state index in [1.807, 2.05) is 12.1 Å². The van der Waals surface area contributed by atoms with Crippen LogP contribution in [0, 0.1) is 0 Å². The molecular formula is C8H8N2O2. The lowest BCUT2D eigenvalue weighted by atomic mass is 10.2. The number of hydrogen-bond acceptors (Lipinski definition) is 4. The summed E-state index contributed by atoms with van der Waals surface area (Å²) in [6.45, 7) is 0.445. The number of fused-ring (bicyclic) bond motifs is 1. The number of rotatable bonds is 1. The van der Waals surface area contributed by atoms with Gasteiger partial charge in [0.05, 0.1) is 5.56 Å². The number of pyridine rings is 1. The molecule has 2 heterocycles. The fraction of sp³-hybridized carbons (Fsp3) is 0.250. The smallest absolute Gasteiger partial charge is 0.223 e. The van der Waals surface area contributed by atoms with Gasteiger partial charge in [-0.25, -0.2) is 4.98 Å². The highest BCUT2D eigenvalue weighted by molar-refractivity contribution is 6.05. The Labute approximate surface area is 69.8 Å². The molecule has 0 aliphatic carbocycles. The molecule has 2 rings (SSSR count). The minimum absolute atomic E-state index is 0.445. The van der Waals surface area contributed by atoms with Crippen molar-refractivity contribution in [3.8, 4) is 5.88 Å². The first-order chi connectivity index (χ1) is 5.92. The van der Waals surface area contributed by atoms with Crippen molar-refractivity contribution in [2.45, 2.75) is 0 Å². The molecule has 0 saturated heterocycles. The molecule has 0 radical (unpaired) electrons. The summed E-state index contributed by atoms with van der Waals surface area (Å²) in [7, 11) is 1.52. The lowest BCUT2D eigenvalue weighted by molar-refractivity contribution is 0.211. The van der Waals surface area contributed by atoms with Crippen molar-refractivity contribution < 1.29 is 9.57 Å². The van der Waals surface area contributed by atoms with Gasteiger partial charge in [-0.3, -0.25) is 0 Å². The third kappa shape index (κ3) is 1.01. The largest absolute Gasteiger partial charge is 0.471 e. The summed E-state index contributed by atoms with van der Waals surface area (Å²) in [4.78, 5) is 8.70. The van der Waals surface area contributed by atoms with Crippen LogP contribution < -0.4 is 4.74 Å². The van der Waals surface area contributed by atoms with Gasteiger partial charge in [0.15, 0.2) is 0 Å². The highest BCUT2D eigenvalue weighted by atomic mass is 16.6. The van der Waals surface area contributed by atoms with Gasteiger partial charge in [0.2, 0.25) is 5.88 Å². The molecule has 0 fully saturated rings. The van der Waals surface area contributed by atoms with E-state index in [1.54, 1.807) is 6.20 Å². The van der Waals surface area contributed by atoms with E-state index in [4.69, 9.17) is 4.74 Å². The van der Waals surface area contributed by atoms with Crippen LogP contribution >= 0.6 is 0 Å². The molecule has 12 heavy (non-hydrogen) atoms. The van der Waals surface area contributed by atoms with E-state index in [-0.39, 0.29) is 0 Å². The molecule has 0 saturated carbocycles. The first-order valence-electron chi connectivity index (χ1n) is 3.60. The Morgan fingerprint density at radius 1 is 1.67 bits per heavy atom. The van der Waals surface area contributed by atoms with Crippen LogP contribution in [0.15, 0.2) is 23.5 Å². The molecule has 0 bridgehead atoms. The average molecular weight is 164 g/mol. The van der Waals surface area contributed by atoms with E-state index in [0.29, 0.717) is 12.5 Å². The van der Waals surface area contributed by atoms with Crippen LogP contribution in [0.4, 0.5) is 0 Å². The highest BCUT2D eigenvalue weighted by Crippen LogP contribution is 2.21. The Morgan fingerprint density at radius 3 is 3.42 bits per heavy atom. The number of nitrogens with zero attached hydrogens (tertiary/aromatic N) is 2. The summed E-state index contributed by atoms with van der Waals surface area (Å²) in [5.41, 5.74) is 1.71. The van der Waals surface area contributed by atoms with Crippen LogP contribution in [0.25, 0.3) is 0 Å². The molecule has 0 N–H and O–H groups in total. The Kier molecular flexibility index (Phi) is 1.66. The third-order valence-corrected chi connectivity index (χ3v) is 1.63. The van der Waals surface area contributed by atoms with Crippen molar-refractivity contribution in [2.75, 3.05) is 13.7 Å². The van der Waals surface area contributed by atoms with Gasteiger partial charge in [0, 0.05) is 6.20 Å². The van der Waals surface area contributed by atoms with Crippen LogP contribution in [0.2, 0.25) is 0 Å². The van der Waals surface area contributed by atoms with Gasteiger partial charge in [-0.2, -0.15) is 0 Å². The second-order valence-electron chi connectivity index (χ2n) is 2.37. The molecule has 0 aromatic carbocycles. The van der Waals surface area contributed by atoms with Gasteiger partial charge < -0.3 is 9.57 Å². The van der Waals surface area contributed by atoms with E-state index in [2.05, 4.69) is 15.0 Å². The summed E-state index contributed by atoms with van der Waals surface area (Å²) in [5, 5.41) is 3.82. The Bertz CT molecular complexity index is 323. The van der Waals surface area contributed by atoms with Gasteiger partial charge in [-0.15, -0.1) is 0 Å². The predicted octanol–water partition coefficient (Wildman–Crippen LogP) is 0.825. The van der Waals surface area contributed by atoms with Crippen LogP contribution in [-0.4, -0.2) is 24.4 Å². The fourth-order valence-electron chi connectivity index (χ4n) is 1.13. The minimum Gasteiger partial charge on any atom is -0.471 e. The number of ether oxygens (including phenoxy) is 1. The van der Waals surface area contributed by atoms with Gasteiger partial charge in [0.25, 0.3) is 0 Å². The summed E-state index contributed by atoms with van der Waals surface area (Å²) in [5.74, 6) is 0.633. The minimum atomic E-state index is 0.445. The Hall–Kier alpha value is -1.58. The monoisotopic (exact) mass is 164 g/mol. The second-order valence-corrected chi connectivity index (χ2v) is 2.37. The lowest BCUT2D eigenvalue weighted by Gasteiger charge is -1.92. The van der Waals surface area contributed by atoms with E-state index in [1.165, 1.54) is 7.11 Å². The van der Waals surface area contributed by atoms with Crippen molar-refractivity contribution in [1.29, 1.82) is 0 Å². The quantitative estimate of drug-likeness (QED) is 0.577. The SMILES string of the molecule is CO/N=C1/COc2ncccc21. The standard InChI is InChI=1S/C8H8N2O2/c1-11-10-7-5-12-8-6(7)3-2-4-9-8/h2-4H,5H2,1H3/b10-7-. The van der Waals surface area contributed by atoms with Crippen LogP contribution in [0.5, 0.6) is 5.88 Å². The first-order valence-corrected chi connectivity index (χ1v) is 3.60. The van der Waals surface area contributed by atoms with E-state index in [9.17, 15) is 0 Å². The third-order valence-electron chi connectivity index (χ3n) is 1.63. The Balaban J connectivity index is 2.43. The maximum absolute atomic E-state index is 5.24. The van der Waals surface area contributed by atoms with Crippen molar-refractivity contribution >= 4 is 5.71 Å². The molecule has 1 aromatic heterocycles. The van der Waals surface area contributed by atoms with Crippen molar-refractivity contribution in [3.05, 3.63) is 23.9 Å². The van der Waals surface area contributed by atoms with E-state index in [0.717, 1.165) is 11.3 Å². The molecule has 62 valence electrons. The predicted molar refractivity (Wildman–Crippen MR) is 43.3 cm³/mol. The zero-order valence-electron chi connectivity index (χ0n) is 6.65. The molecule has 1 aliphatic rings. The topological polar surface area (TPSA) is 43.7 Å². The summed E-state index contributed by atoms with van der Waals surface area (Å²) < 4.78 is 5.24. The van der Waals surface area contributed by atoms with Gasteiger partial charge in [-0.05, 0) is 12.1 Å². The zero-order valence-corrected chi connectivity index (χ0v) is 6.65. The Morgan fingerprint density at radius 2 is 2.58 bits per heavy atom. The molecule has 1 aromatic rings. The maximum atomic E-state index is 5.24. The fourth-order valence-corrected chi connectivity index (χ4v) is 1.13. The number of aromatic nitrogens is 1. The molecule has 0 spiro atoms. The maximum Gasteiger partial charge on any atom is 0.223 e. The molecule has 1 aliphatic heterocycles. The molecular weight excluding hydrogens is 156 g/mol. The van der Waals surface area contributed by atoms with Gasteiger partial charge in [0.1, 0.15) is 19.4 Å². The molecule has 4 nitrogen and oxygen atoms in total. The van der Waals surface area contributed by atoms with Crippen molar-refractivity contribution in [2.24, 2.45) is 5.16 Å². The van der Waals surface area contributed by atoms with E-state index >= 15 is 0 Å². The van der Waals surface area contributed by atoms with Crippen molar-refractivity contribution in [3.63, 3.8) is 0 Å². The summed E-state index contributed by atoms with van der Waals surface area (Å²) in [6, 6.07) is 3.76. The molecule has 0 amide bonds. The molecule has 0 atom stereocenters. The van der Waals surface area contributed by atoms with Gasteiger partial charge >= 0.3 is 0 Å². The zero-order chi connectivity index (χ0) is 8.39. The molecule has 0 unspecified atom stereocenters. The summed E-state index contributed by atoms with van der Waals surface area (Å²) in [6.07, 6.45) is 1.69. The molecule has 4 heteroatoms. The second kappa shape index (κ2) is 2.81. The number of oxime groups is 1. The normalized spacial score (nSPS) is 17.2. The van der Waals surface area contributed by atoms with E-state index < -0.39 is 0 Å². The average Bonchev–Trinajstić information content (AvgIpc) is 2.50. The number of hydrogen-bond donors (Lipinski definition) is 0. The highest BCUT2D eigenvalue weighted by Gasteiger charge is 2.20. The first kappa shape index (κ1) is 7.09. The van der Waals surface area contributed by atoms with Crippen LogP contribution in [0.3, 0.4) is 0 Å². The van der Waals surface area contributed by atoms with Crippen LogP contribution in [-0.2, 0) is 4.84 Å². The lowest BCUT2D eigenvalue weighted by Crippen LogP contribution is -2.02. The van der Waals surface area contributed by atoms with Gasteiger partial charge in [-0.1, -0.05) is 5.16 Å². The van der Waals surface area contributed by atoms with Crippen LogP contribution in [0.1, 0.15) is 5.56 Å².